The summed E-state index contributed by atoms with van der Waals surface area (Å²) in [6, 6.07) is 17.3. The molecule has 1 heterocycles. The van der Waals surface area contributed by atoms with Gasteiger partial charge in [-0.3, -0.25) is 14.9 Å². The van der Waals surface area contributed by atoms with Crippen molar-refractivity contribution in [1.82, 2.24) is 10.2 Å². The maximum atomic E-state index is 12.8. The van der Waals surface area contributed by atoms with Gasteiger partial charge in [-0.1, -0.05) is 65.6 Å². The van der Waals surface area contributed by atoms with Crippen molar-refractivity contribution in [2.24, 2.45) is 0 Å². The van der Waals surface area contributed by atoms with E-state index in [1.54, 1.807) is 12.1 Å². The van der Waals surface area contributed by atoms with Crippen LogP contribution in [0.4, 0.5) is 24.0 Å². The first kappa shape index (κ1) is 22.7. The molecule has 0 spiro atoms. The number of nitrogens with zero attached hydrogens (tertiary/aromatic N) is 2. The van der Waals surface area contributed by atoms with Crippen LogP contribution in [0.15, 0.2) is 71.1 Å². The molecule has 2 amide bonds. The molecule has 0 bridgehead atoms. The number of carbonyl (C=O) groups excluding carboxylic acids is 2. The Balaban J connectivity index is 1.34. The monoisotopic (exact) mass is 488 g/mol. The van der Waals surface area contributed by atoms with Gasteiger partial charge in [0.1, 0.15) is 0 Å². The molecule has 33 heavy (non-hydrogen) atoms. The van der Waals surface area contributed by atoms with Crippen LogP contribution in [-0.4, -0.2) is 27.8 Å². The molecular formula is C22H15F3N4O2S2. The number of nitrogens with one attached hydrogen (secondary N) is 2. The minimum Gasteiger partial charge on any atom is -0.325 e. The number of halogens is 3. The number of carbonyl (C=O) groups is 2. The van der Waals surface area contributed by atoms with E-state index in [-0.39, 0.29) is 22.5 Å². The van der Waals surface area contributed by atoms with Gasteiger partial charge in [0.2, 0.25) is 11.0 Å². The molecule has 0 saturated carbocycles. The third kappa shape index (κ3) is 5.68. The number of amides is 2. The third-order valence-corrected chi connectivity index (χ3v) is 6.43. The zero-order valence-corrected chi connectivity index (χ0v) is 18.4. The Kier molecular flexibility index (Phi) is 6.61. The minimum atomic E-state index is -4.49. The van der Waals surface area contributed by atoms with E-state index in [0.29, 0.717) is 9.90 Å². The van der Waals surface area contributed by atoms with Crippen LogP contribution in [0.1, 0.15) is 15.9 Å². The summed E-state index contributed by atoms with van der Waals surface area (Å²) in [6.07, 6.45) is -4.49. The van der Waals surface area contributed by atoms with Crippen molar-refractivity contribution >= 4 is 56.5 Å². The molecule has 4 rings (SSSR count). The van der Waals surface area contributed by atoms with Gasteiger partial charge < -0.3 is 5.32 Å². The highest BCUT2D eigenvalue weighted by molar-refractivity contribution is 8.01. The molecule has 0 unspecified atom stereocenters. The molecular weight excluding hydrogens is 473 g/mol. The second-order valence-electron chi connectivity index (χ2n) is 6.77. The largest absolute Gasteiger partial charge is 0.416 e. The first-order chi connectivity index (χ1) is 15.8. The van der Waals surface area contributed by atoms with Gasteiger partial charge in [-0.15, -0.1) is 10.2 Å². The second-order valence-corrected chi connectivity index (χ2v) is 8.97. The van der Waals surface area contributed by atoms with Crippen LogP contribution in [0.2, 0.25) is 0 Å². The lowest BCUT2D eigenvalue weighted by Gasteiger charge is -2.09. The molecule has 1 aromatic heterocycles. The Morgan fingerprint density at radius 2 is 1.70 bits per heavy atom. The number of hydrogen-bond donors (Lipinski definition) is 2. The van der Waals surface area contributed by atoms with E-state index in [4.69, 9.17) is 0 Å². The van der Waals surface area contributed by atoms with Crippen LogP contribution in [0, 0.1) is 0 Å². The Hall–Kier alpha value is -3.44. The summed E-state index contributed by atoms with van der Waals surface area (Å²) in [6.45, 7) is 0. The topological polar surface area (TPSA) is 84.0 Å². The first-order valence-electron chi connectivity index (χ1n) is 9.52. The Bertz CT molecular complexity index is 1320. The summed E-state index contributed by atoms with van der Waals surface area (Å²) < 4.78 is 38.8. The van der Waals surface area contributed by atoms with Crippen LogP contribution in [0.25, 0.3) is 10.8 Å². The third-order valence-electron chi connectivity index (χ3n) is 4.46. The number of thioether (sulfide) groups is 1. The summed E-state index contributed by atoms with van der Waals surface area (Å²) in [4.78, 5) is 24.8. The first-order valence-corrected chi connectivity index (χ1v) is 11.3. The molecule has 2 N–H and O–H groups in total. The SMILES string of the molecule is O=C(CSc1nnc(NC(=O)c2cccc3ccccc23)s1)Nc1cccc(C(F)(F)F)c1. The minimum absolute atomic E-state index is 0.0516. The van der Waals surface area contributed by atoms with Crippen molar-refractivity contribution in [3.8, 4) is 0 Å². The predicted molar refractivity (Wildman–Crippen MR) is 123 cm³/mol. The van der Waals surface area contributed by atoms with E-state index in [2.05, 4.69) is 20.8 Å². The van der Waals surface area contributed by atoms with Crippen LogP contribution in [-0.2, 0) is 11.0 Å². The average molecular weight is 489 g/mol. The number of rotatable bonds is 6. The molecule has 0 saturated heterocycles. The number of anilines is 2. The van der Waals surface area contributed by atoms with Crippen molar-refractivity contribution < 1.29 is 22.8 Å². The lowest BCUT2D eigenvalue weighted by Crippen LogP contribution is -2.15. The van der Waals surface area contributed by atoms with Gasteiger partial charge in [0.15, 0.2) is 4.34 Å². The number of hydrogen-bond acceptors (Lipinski definition) is 6. The summed E-state index contributed by atoms with van der Waals surface area (Å²) in [5.41, 5.74) is -0.294. The van der Waals surface area contributed by atoms with E-state index < -0.39 is 17.6 Å². The highest BCUT2D eigenvalue weighted by atomic mass is 32.2. The molecule has 0 radical (unpaired) electrons. The number of fused-ring (bicyclic) bond motifs is 1. The fourth-order valence-corrected chi connectivity index (χ4v) is 4.55. The maximum Gasteiger partial charge on any atom is 0.416 e. The molecule has 0 aliphatic heterocycles. The highest BCUT2D eigenvalue weighted by Gasteiger charge is 2.30. The van der Waals surface area contributed by atoms with Gasteiger partial charge in [0.05, 0.1) is 11.3 Å². The summed E-state index contributed by atoms with van der Waals surface area (Å²) in [5, 5.41) is 15.0. The zero-order valence-electron chi connectivity index (χ0n) is 16.7. The van der Waals surface area contributed by atoms with Crippen LogP contribution >= 0.6 is 23.1 Å². The molecule has 6 nitrogen and oxygen atoms in total. The summed E-state index contributed by atoms with van der Waals surface area (Å²) in [5.74, 6) is -0.903. The van der Waals surface area contributed by atoms with Crippen LogP contribution < -0.4 is 10.6 Å². The van der Waals surface area contributed by atoms with E-state index >= 15 is 0 Å². The molecule has 3 aromatic carbocycles. The molecule has 168 valence electrons. The van der Waals surface area contributed by atoms with E-state index in [1.807, 2.05) is 30.3 Å². The fraction of sp³-hybridized carbons (Fsp3) is 0.0909. The van der Waals surface area contributed by atoms with E-state index in [9.17, 15) is 22.8 Å². The predicted octanol–water partition coefficient (Wildman–Crippen LogP) is 5.69. The van der Waals surface area contributed by atoms with Gasteiger partial charge in [-0.25, -0.2) is 0 Å². The zero-order chi connectivity index (χ0) is 23.4. The van der Waals surface area contributed by atoms with Gasteiger partial charge in [0, 0.05) is 11.3 Å². The van der Waals surface area contributed by atoms with E-state index in [1.165, 1.54) is 12.1 Å². The second kappa shape index (κ2) is 9.59. The number of alkyl halides is 3. The fourth-order valence-electron chi connectivity index (χ4n) is 3.00. The molecule has 4 aromatic rings. The molecule has 0 atom stereocenters. The number of aromatic nitrogens is 2. The molecule has 11 heteroatoms. The van der Waals surface area contributed by atoms with Gasteiger partial charge in [-0.05, 0) is 35.0 Å². The average Bonchev–Trinajstić information content (AvgIpc) is 3.24. The number of benzene rings is 3. The van der Waals surface area contributed by atoms with Crippen molar-refractivity contribution in [2.45, 2.75) is 10.5 Å². The van der Waals surface area contributed by atoms with Gasteiger partial charge in [-0.2, -0.15) is 13.2 Å². The molecule has 0 aliphatic carbocycles. The maximum absolute atomic E-state index is 12.8. The van der Waals surface area contributed by atoms with Crippen molar-refractivity contribution in [3.05, 3.63) is 77.9 Å². The lowest BCUT2D eigenvalue weighted by molar-refractivity contribution is -0.137. The standard InChI is InChI=1S/C22H15F3N4O2S2/c23-22(24,25)14-7-4-8-15(11-14)26-18(30)12-32-21-29-28-20(33-21)27-19(31)17-10-3-6-13-5-1-2-9-16(13)17/h1-11H,12H2,(H,26,30)(H,27,28,31). The quantitative estimate of drug-likeness (QED) is 0.269. The molecule has 0 fully saturated rings. The Morgan fingerprint density at radius 3 is 2.52 bits per heavy atom. The Morgan fingerprint density at radius 1 is 0.939 bits per heavy atom. The van der Waals surface area contributed by atoms with Crippen LogP contribution in [0.5, 0.6) is 0 Å². The normalized spacial score (nSPS) is 11.4. The van der Waals surface area contributed by atoms with Crippen molar-refractivity contribution in [3.63, 3.8) is 0 Å². The smallest absolute Gasteiger partial charge is 0.325 e. The molecule has 0 aliphatic rings. The van der Waals surface area contributed by atoms with E-state index in [0.717, 1.165) is 46.0 Å². The summed E-state index contributed by atoms with van der Waals surface area (Å²) in [7, 11) is 0. The summed E-state index contributed by atoms with van der Waals surface area (Å²) >= 11 is 2.16. The highest BCUT2D eigenvalue weighted by Crippen LogP contribution is 2.31. The lowest BCUT2D eigenvalue weighted by atomic mass is 10.0. The van der Waals surface area contributed by atoms with Crippen molar-refractivity contribution in [1.29, 1.82) is 0 Å². The van der Waals surface area contributed by atoms with Crippen molar-refractivity contribution in [2.75, 3.05) is 16.4 Å². The Labute approximate surface area is 194 Å². The van der Waals surface area contributed by atoms with Gasteiger partial charge >= 0.3 is 6.18 Å². The van der Waals surface area contributed by atoms with Crippen LogP contribution in [0.3, 0.4) is 0 Å². The van der Waals surface area contributed by atoms with Gasteiger partial charge in [0.25, 0.3) is 5.91 Å².